The monoisotopic (exact) mass is 346 g/mol. The lowest BCUT2D eigenvalue weighted by atomic mass is 9.49. The second-order valence-corrected chi connectivity index (χ2v) is 9.81. The van der Waals surface area contributed by atoms with Crippen LogP contribution in [0.2, 0.25) is 0 Å². The van der Waals surface area contributed by atoms with Crippen LogP contribution in [-0.4, -0.2) is 24.4 Å². The molecule has 0 unspecified atom stereocenters. The van der Waals surface area contributed by atoms with Crippen molar-refractivity contribution >= 4 is 11.8 Å². The summed E-state index contributed by atoms with van der Waals surface area (Å²) in [5.41, 5.74) is 0.257. The molecule has 5 aliphatic rings. The van der Waals surface area contributed by atoms with Crippen LogP contribution >= 0.6 is 0 Å². The highest BCUT2D eigenvalue weighted by molar-refractivity contribution is 5.85. The van der Waals surface area contributed by atoms with Crippen LogP contribution in [-0.2, 0) is 9.59 Å². The second-order valence-electron chi connectivity index (χ2n) is 9.81. The molecule has 0 radical (unpaired) electrons. The Morgan fingerprint density at radius 2 is 1.52 bits per heavy atom. The topological polar surface area (TPSA) is 58.2 Å². The van der Waals surface area contributed by atoms with E-state index in [1.807, 2.05) is 0 Å². The molecule has 0 aromatic rings. The van der Waals surface area contributed by atoms with E-state index in [0.717, 1.165) is 24.2 Å². The molecular formula is C21H34N2O2. The molecule has 5 fully saturated rings. The normalized spacial score (nSPS) is 42.2. The van der Waals surface area contributed by atoms with Crippen molar-refractivity contribution in [3.63, 3.8) is 0 Å². The van der Waals surface area contributed by atoms with Crippen LogP contribution in [0.1, 0.15) is 77.6 Å². The van der Waals surface area contributed by atoms with E-state index in [2.05, 4.69) is 17.6 Å². The summed E-state index contributed by atoms with van der Waals surface area (Å²) in [6.07, 6.45) is 13.4. The Balaban J connectivity index is 1.23. The lowest BCUT2D eigenvalue weighted by Crippen LogP contribution is -2.49. The fourth-order valence-electron chi connectivity index (χ4n) is 6.88. The van der Waals surface area contributed by atoms with Crippen molar-refractivity contribution in [1.29, 1.82) is 0 Å². The molecule has 2 amide bonds. The minimum absolute atomic E-state index is 0.0161. The van der Waals surface area contributed by atoms with Crippen molar-refractivity contribution in [2.75, 3.05) is 6.54 Å². The summed E-state index contributed by atoms with van der Waals surface area (Å²) in [6.45, 7) is 2.37. The van der Waals surface area contributed by atoms with Gasteiger partial charge >= 0.3 is 0 Å². The SMILES string of the molecule is C[C@H]1CCCC[C@H]1NC(=O)CNC(=O)CC12CC3CC(CC(C3)C1)C2. The van der Waals surface area contributed by atoms with Gasteiger partial charge in [0.1, 0.15) is 0 Å². The van der Waals surface area contributed by atoms with E-state index < -0.39 is 0 Å². The van der Waals surface area contributed by atoms with Gasteiger partial charge in [-0.3, -0.25) is 9.59 Å². The first kappa shape index (κ1) is 17.4. The Labute approximate surface area is 151 Å². The molecule has 0 spiro atoms. The predicted octanol–water partition coefficient (Wildman–Crippen LogP) is 3.40. The van der Waals surface area contributed by atoms with Gasteiger partial charge in [0, 0.05) is 12.5 Å². The quantitative estimate of drug-likeness (QED) is 0.801. The van der Waals surface area contributed by atoms with Crippen molar-refractivity contribution in [2.45, 2.75) is 83.6 Å². The van der Waals surface area contributed by atoms with Gasteiger partial charge in [0.15, 0.2) is 0 Å². The van der Waals surface area contributed by atoms with Crippen molar-refractivity contribution in [1.82, 2.24) is 10.6 Å². The molecular weight excluding hydrogens is 312 g/mol. The highest BCUT2D eigenvalue weighted by Gasteiger charge is 2.51. The van der Waals surface area contributed by atoms with Gasteiger partial charge < -0.3 is 10.6 Å². The Kier molecular flexibility index (Phi) is 4.81. The summed E-state index contributed by atoms with van der Waals surface area (Å²) >= 11 is 0. The number of carbonyl (C=O) groups is 2. The smallest absolute Gasteiger partial charge is 0.239 e. The maximum atomic E-state index is 12.5. The van der Waals surface area contributed by atoms with Crippen LogP contribution in [0.25, 0.3) is 0 Å². The molecule has 0 aromatic carbocycles. The number of hydrogen-bond donors (Lipinski definition) is 2. The molecule has 4 bridgehead atoms. The number of hydrogen-bond acceptors (Lipinski definition) is 2. The summed E-state index contributed by atoms with van der Waals surface area (Å²) in [5.74, 6) is 3.24. The lowest BCUT2D eigenvalue weighted by molar-refractivity contribution is -0.132. The molecule has 4 heteroatoms. The summed E-state index contributed by atoms with van der Waals surface area (Å²) in [7, 11) is 0. The van der Waals surface area contributed by atoms with Crippen LogP contribution in [0.3, 0.4) is 0 Å². The van der Waals surface area contributed by atoms with E-state index in [-0.39, 0.29) is 23.8 Å². The summed E-state index contributed by atoms with van der Waals surface area (Å²) in [4.78, 5) is 24.7. The molecule has 25 heavy (non-hydrogen) atoms. The molecule has 5 rings (SSSR count). The molecule has 2 N–H and O–H groups in total. The number of nitrogens with one attached hydrogen (secondary N) is 2. The van der Waals surface area contributed by atoms with Crippen molar-refractivity contribution in [3.8, 4) is 0 Å². The molecule has 4 nitrogen and oxygen atoms in total. The highest BCUT2D eigenvalue weighted by Crippen LogP contribution is 2.61. The number of amides is 2. The van der Waals surface area contributed by atoms with Crippen LogP contribution in [0.15, 0.2) is 0 Å². The summed E-state index contributed by atoms with van der Waals surface area (Å²) < 4.78 is 0. The summed E-state index contributed by atoms with van der Waals surface area (Å²) in [6, 6.07) is 0.293. The third-order valence-electron chi connectivity index (χ3n) is 7.60. The Morgan fingerprint density at radius 3 is 2.12 bits per heavy atom. The van der Waals surface area contributed by atoms with Crippen LogP contribution in [0.5, 0.6) is 0 Å². The van der Waals surface area contributed by atoms with E-state index in [4.69, 9.17) is 0 Å². The van der Waals surface area contributed by atoms with Crippen molar-refractivity contribution < 1.29 is 9.59 Å². The largest absolute Gasteiger partial charge is 0.352 e. The summed E-state index contributed by atoms with van der Waals surface area (Å²) in [5, 5.41) is 6.04. The van der Waals surface area contributed by atoms with Crippen LogP contribution in [0, 0.1) is 29.1 Å². The molecule has 2 atom stereocenters. The lowest BCUT2D eigenvalue weighted by Gasteiger charge is -2.56. The maximum Gasteiger partial charge on any atom is 0.239 e. The van der Waals surface area contributed by atoms with E-state index in [0.29, 0.717) is 18.4 Å². The van der Waals surface area contributed by atoms with Gasteiger partial charge in [-0.25, -0.2) is 0 Å². The van der Waals surface area contributed by atoms with Gasteiger partial charge in [0.05, 0.1) is 6.54 Å². The minimum atomic E-state index is -0.0161. The van der Waals surface area contributed by atoms with Gasteiger partial charge in [-0.05, 0) is 80.5 Å². The zero-order chi connectivity index (χ0) is 17.4. The van der Waals surface area contributed by atoms with Gasteiger partial charge in [0.25, 0.3) is 0 Å². The molecule has 0 aliphatic heterocycles. The first-order chi connectivity index (χ1) is 12.0. The van der Waals surface area contributed by atoms with Crippen molar-refractivity contribution in [2.24, 2.45) is 29.1 Å². The average molecular weight is 347 g/mol. The van der Waals surface area contributed by atoms with E-state index in [9.17, 15) is 9.59 Å². The third-order valence-corrected chi connectivity index (χ3v) is 7.60. The molecule has 0 aromatic heterocycles. The average Bonchev–Trinajstić information content (AvgIpc) is 2.53. The molecule has 0 heterocycles. The molecule has 0 saturated heterocycles. The third kappa shape index (κ3) is 3.88. The Morgan fingerprint density at radius 1 is 0.920 bits per heavy atom. The first-order valence-electron chi connectivity index (χ1n) is 10.6. The fraction of sp³-hybridized carbons (Fsp3) is 0.905. The van der Waals surface area contributed by atoms with Gasteiger partial charge in [-0.1, -0.05) is 19.8 Å². The fourth-order valence-corrected chi connectivity index (χ4v) is 6.88. The standard InChI is InChI=1S/C21H34N2O2/c1-14-4-2-3-5-18(14)23-20(25)13-22-19(24)12-21-9-15-6-16(10-21)8-17(7-15)11-21/h14-18H,2-13H2,1H3,(H,22,24)(H,23,25)/t14-,15?,16?,17?,18+,21?/m0/s1. The number of rotatable bonds is 5. The number of carbonyl (C=O) groups excluding carboxylic acids is 2. The minimum Gasteiger partial charge on any atom is -0.352 e. The highest BCUT2D eigenvalue weighted by atomic mass is 16.2. The Bertz CT molecular complexity index is 495. The van der Waals surface area contributed by atoms with Gasteiger partial charge in [-0.15, -0.1) is 0 Å². The van der Waals surface area contributed by atoms with Gasteiger partial charge in [-0.2, -0.15) is 0 Å². The maximum absolute atomic E-state index is 12.5. The van der Waals surface area contributed by atoms with E-state index >= 15 is 0 Å². The Hall–Kier alpha value is -1.06. The zero-order valence-corrected chi connectivity index (χ0v) is 15.7. The van der Waals surface area contributed by atoms with Crippen LogP contribution in [0.4, 0.5) is 0 Å². The van der Waals surface area contributed by atoms with E-state index in [1.165, 1.54) is 57.8 Å². The van der Waals surface area contributed by atoms with Crippen molar-refractivity contribution in [3.05, 3.63) is 0 Å². The van der Waals surface area contributed by atoms with Crippen LogP contribution < -0.4 is 10.6 Å². The second kappa shape index (κ2) is 6.92. The predicted molar refractivity (Wildman–Crippen MR) is 97.8 cm³/mol. The van der Waals surface area contributed by atoms with Gasteiger partial charge in [0.2, 0.25) is 11.8 Å². The zero-order valence-electron chi connectivity index (χ0n) is 15.7. The first-order valence-corrected chi connectivity index (χ1v) is 10.6. The molecule has 140 valence electrons. The molecule has 5 aliphatic carbocycles. The van der Waals surface area contributed by atoms with E-state index in [1.54, 1.807) is 0 Å². The molecule has 5 saturated carbocycles.